The minimum absolute atomic E-state index is 0.0515. The van der Waals surface area contributed by atoms with Gasteiger partial charge in [-0.2, -0.15) is 8.42 Å². The van der Waals surface area contributed by atoms with Gasteiger partial charge >= 0.3 is 0 Å². The lowest BCUT2D eigenvalue weighted by atomic mass is 9.90. The molecule has 0 bridgehead atoms. The third-order valence-corrected chi connectivity index (χ3v) is 9.83. The van der Waals surface area contributed by atoms with E-state index in [1.807, 2.05) is 48.6 Å². The second kappa shape index (κ2) is 21.4. The Labute approximate surface area is 313 Å². The van der Waals surface area contributed by atoms with E-state index < -0.39 is 10.1 Å². The summed E-state index contributed by atoms with van der Waals surface area (Å²) in [6, 6.07) is 14.0. The third kappa shape index (κ3) is 13.4. The van der Waals surface area contributed by atoms with Gasteiger partial charge in [-0.3, -0.25) is 23.7 Å². The van der Waals surface area contributed by atoms with Gasteiger partial charge in [0, 0.05) is 103 Å². The number of allylic oxidation sites excluding steroid dienone is 5. The van der Waals surface area contributed by atoms with Crippen molar-refractivity contribution in [3.8, 4) is 0 Å². The molecule has 3 rings (SSSR count). The van der Waals surface area contributed by atoms with Crippen molar-refractivity contribution in [1.29, 1.82) is 0 Å². The average molecular weight is 750 g/mol. The first-order valence-corrected chi connectivity index (χ1v) is 19.3. The van der Waals surface area contributed by atoms with E-state index >= 15 is 0 Å². The highest BCUT2D eigenvalue weighted by Gasteiger charge is 2.22. The van der Waals surface area contributed by atoms with Gasteiger partial charge in [0.05, 0.1) is 0 Å². The summed E-state index contributed by atoms with van der Waals surface area (Å²) in [5, 5.41) is 10.6. The van der Waals surface area contributed by atoms with Crippen LogP contribution in [0.25, 0.3) is 5.57 Å². The monoisotopic (exact) mass is 749 g/mol. The van der Waals surface area contributed by atoms with Crippen molar-refractivity contribution in [2.75, 3.05) is 59.3 Å². The van der Waals surface area contributed by atoms with Crippen molar-refractivity contribution < 1.29 is 36.7 Å². The quantitative estimate of drug-likeness (QED) is 0.101. The summed E-state index contributed by atoms with van der Waals surface area (Å²) in [6.45, 7) is 2.36. The average Bonchev–Trinajstić information content (AvgIpc) is 3.16. The number of nitrogens with one attached hydrogen (secondary N) is 4. The normalized spacial score (nSPS) is 12.2. The Morgan fingerprint density at radius 3 is 1.55 bits per heavy atom. The zero-order valence-corrected chi connectivity index (χ0v) is 31.9. The van der Waals surface area contributed by atoms with Crippen LogP contribution in [0.15, 0.2) is 83.3 Å². The Balaban J connectivity index is 2.07. The Bertz CT molecular complexity index is 1770. The van der Waals surface area contributed by atoms with Crippen LogP contribution >= 0.6 is 0 Å². The van der Waals surface area contributed by atoms with Gasteiger partial charge in [-0.1, -0.05) is 30.3 Å². The fourth-order valence-electron chi connectivity index (χ4n) is 6.02. The fraction of sp³-hybridized carbons (Fsp3) is 0.410. The molecule has 0 heterocycles. The van der Waals surface area contributed by atoms with E-state index in [0.717, 1.165) is 11.4 Å². The van der Waals surface area contributed by atoms with Crippen molar-refractivity contribution in [3.63, 3.8) is 0 Å². The zero-order chi connectivity index (χ0) is 38.8. The molecule has 0 aromatic heterocycles. The lowest BCUT2D eigenvalue weighted by molar-refractivity contribution is -0.527. The molecule has 0 spiro atoms. The van der Waals surface area contributed by atoms with Crippen LogP contribution in [0.3, 0.4) is 0 Å². The molecule has 4 amide bonds. The van der Waals surface area contributed by atoms with Crippen LogP contribution in [0, 0.1) is 0 Å². The summed E-state index contributed by atoms with van der Waals surface area (Å²) in [5.74, 6) is -0.206. The number of hydrogen-bond donors (Lipinski definition) is 5. The lowest BCUT2D eigenvalue weighted by Gasteiger charge is -2.25. The lowest BCUT2D eigenvalue weighted by Crippen LogP contribution is -2.28. The SMILES string of the molecule is CNC(=O)CCCN(CCCC(=O)NC)c1ccc(C(=C2C=CC(=[N+](CCCC(=O)NC)CCCC(=O)NC)C=C2)c2ccccc2S(=O)(=O)O)cc1. The molecule has 0 saturated carbocycles. The Morgan fingerprint density at radius 1 is 0.642 bits per heavy atom. The summed E-state index contributed by atoms with van der Waals surface area (Å²) >= 11 is 0. The topological polar surface area (TPSA) is 177 Å². The maximum absolute atomic E-state index is 12.6. The predicted molar refractivity (Wildman–Crippen MR) is 207 cm³/mol. The molecule has 5 N–H and O–H groups in total. The third-order valence-electron chi connectivity index (χ3n) is 8.92. The maximum Gasteiger partial charge on any atom is 0.295 e. The van der Waals surface area contributed by atoms with Gasteiger partial charge in [-0.05, 0) is 59.9 Å². The summed E-state index contributed by atoms with van der Waals surface area (Å²) in [7, 11) is 1.83. The number of carbonyl (C=O) groups is 4. The minimum atomic E-state index is -4.58. The number of anilines is 1. The molecule has 0 aliphatic heterocycles. The number of rotatable bonds is 20. The number of nitrogens with zero attached hydrogens (tertiary/aromatic N) is 2. The van der Waals surface area contributed by atoms with Crippen LogP contribution in [-0.2, 0) is 29.3 Å². The molecular formula is C39H53N6O7S+. The van der Waals surface area contributed by atoms with Crippen molar-refractivity contribution in [2.24, 2.45) is 0 Å². The van der Waals surface area contributed by atoms with Crippen LogP contribution in [0.5, 0.6) is 0 Å². The van der Waals surface area contributed by atoms with Crippen molar-refractivity contribution in [1.82, 2.24) is 21.3 Å². The number of carbonyl (C=O) groups excluding carboxylic acids is 4. The van der Waals surface area contributed by atoms with Crippen LogP contribution < -0.4 is 26.2 Å². The smallest absolute Gasteiger partial charge is 0.295 e. The molecule has 286 valence electrons. The Kier molecular flexibility index (Phi) is 17.1. The number of hydrogen-bond acceptors (Lipinski definition) is 7. The predicted octanol–water partition coefficient (Wildman–Crippen LogP) is 3.23. The summed E-state index contributed by atoms with van der Waals surface area (Å²) < 4.78 is 37.6. The van der Waals surface area contributed by atoms with E-state index in [9.17, 15) is 32.1 Å². The van der Waals surface area contributed by atoms with E-state index in [4.69, 9.17) is 0 Å². The number of benzene rings is 2. The Morgan fingerprint density at radius 2 is 1.09 bits per heavy atom. The second-order valence-electron chi connectivity index (χ2n) is 12.5. The van der Waals surface area contributed by atoms with Gasteiger partial charge in [-0.15, -0.1) is 0 Å². The second-order valence-corrected chi connectivity index (χ2v) is 13.9. The Hall–Kier alpha value is -5.08. The van der Waals surface area contributed by atoms with E-state index in [2.05, 4.69) is 30.7 Å². The minimum Gasteiger partial charge on any atom is -0.372 e. The molecule has 1 aliphatic rings. The molecule has 0 fully saturated rings. The molecule has 1 aliphatic carbocycles. The van der Waals surface area contributed by atoms with Crippen LogP contribution in [0.2, 0.25) is 0 Å². The highest BCUT2D eigenvalue weighted by molar-refractivity contribution is 7.86. The van der Waals surface area contributed by atoms with Gasteiger partial charge in [0.25, 0.3) is 10.1 Å². The molecule has 0 atom stereocenters. The summed E-state index contributed by atoms with van der Waals surface area (Å²) in [4.78, 5) is 49.5. The van der Waals surface area contributed by atoms with Crippen LogP contribution in [0.1, 0.15) is 62.5 Å². The van der Waals surface area contributed by atoms with Gasteiger partial charge in [0.2, 0.25) is 23.6 Å². The first-order chi connectivity index (χ1) is 25.4. The van der Waals surface area contributed by atoms with E-state index in [1.165, 1.54) is 6.07 Å². The van der Waals surface area contributed by atoms with Crippen molar-refractivity contribution in [2.45, 2.75) is 56.3 Å². The largest absolute Gasteiger partial charge is 0.372 e. The summed E-state index contributed by atoms with van der Waals surface area (Å²) in [6.07, 6.45) is 11.6. The standard InChI is InChI=1S/C39H52N6O7S/c1-40-35(46)13-7-25-44(26-8-14-36(47)41-2)31-21-17-29(18-22-31)39(33-11-5-6-12-34(33)53(50,51)52)30-19-23-32(24-20-30)45(27-9-15-37(48)42-3)28-10-16-38(49)43-4/h5-6,11-12,17-24H,7-10,13-16,25-28H2,1-4H3,(H4-,40,41,42,43,46,47,48,49,50,51,52)/p+1. The number of amides is 4. The van der Waals surface area contributed by atoms with Gasteiger partial charge in [-0.25, -0.2) is 4.58 Å². The molecule has 0 unspecified atom stereocenters. The van der Waals surface area contributed by atoms with E-state index in [1.54, 1.807) is 46.4 Å². The molecule has 13 nitrogen and oxygen atoms in total. The molecule has 0 saturated heterocycles. The summed E-state index contributed by atoms with van der Waals surface area (Å²) in [5.41, 5.74) is 4.10. The van der Waals surface area contributed by atoms with Gasteiger partial charge < -0.3 is 26.2 Å². The molecule has 53 heavy (non-hydrogen) atoms. The van der Waals surface area contributed by atoms with Crippen LogP contribution in [-0.4, -0.2) is 101 Å². The van der Waals surface area contributed by atoms with E-state index in [0.29, 0.717) is 99.8 Å². The highest BCUT2D eigenvalue weighted by atomic mass is 32.2. The first kappa shape index (κ1) is 42.3. The first-order valence-electron chi connectivity index (χ1n) is 17.9. The van der Waals surface area contributed by atoms with Gasteiger partial charge in [0.1, 0.15) is 18.0 Å². The van der Waals surface area contributed by atoms with Gasteiger partial charge in [0.15, 0.2) is 5.71 Å². The zero-order valence-electron chi connectivity index (χ0n) is 31.1. The molecular weight excluding hydrogens is 697 g/mol. The molecule has 2 aromatic carbocycles. The fourth-order valence-corrected chi connectivity index (χ4v) is 6.71. The van der Waals surface area contributed by atoms with E-state index in [-0.39, 0.29) is 28.5 Å². The highest BCUT2D eigenvalue weighted by Crippen LogP contribution is 2.34. The van der Waals surface area contributed by atoms with Crippen molar-refractivity contribution >= 4 is 50.7 Å². The van der Waals surface area contributed by atoms with Crippen LogP contribution in [0.4, 0.5) is 5.69 Å². The molecule has 0 radical (unpaired) electrons. The molecule has 14 heteroatoms. The maximum atomic E-state index is 12.6. The molecule has 2 aromatic rings. The van der Waals surface area contributed by atoms with Crippen molar-refractivity contribution in [3.05, 3.63) is 89.5 Å².